The van der Waals surface area contributed by atoms with E-state index in [0.29, 0.717) is 0 Å². The lowest BCUT2D eigenvalue weighted by Gasteiger charge is -2.10. The van der Waals surface area contributed by atoms with Crippen molar-refractivity contribution in [1.82, 2.24) is 4.98 Å². The van der Waals surface area contributed by atoms with E-state index in [2.05, 4.69) is 25.7 Å². The molecule has 0 bridgehead atoms. The Morgan fingerprint density at radius 2 is 2.07 bits per heavy atom. The zero-order chi connectivity index (χ0) is 11.6. The highest BCUT2D eigenvalue weighted by atomic mass is 79.9. The maximum Gasteiger partial charge on any atom is 0.574 e. The Hall–Kier alpha value is -0.890. The van der Waals surface area contributed by atoms with E-state index in [4.69, 9.17) is 5.73 Å². The van der Waals surface area contributed by atoms with E-state index >= 15 is 0 Å². The standard InChI is InChI=1S/C7H5BrF4N2O/c8-4-1-3(2-13)5(9)14-6(4)15-7(10,11)12/h1H,2,13H2. The van der Waals surface area contributed by atoms with Crippen LogP contribution < -0.4 is 10.5 Å². The molecule has 0 radical (unpaired) electrons. The van der Waals surface area contributed by atoms with Gasteiger partial charge in [0, 0.05) is 12.1 Å². The number of pyridine rings is 1. The average Bonchev–Trinajstić information content (AvgIpc) is 2.08. The van der Waals surface area contributed by atoms with E-state index in [1.165, 1.54) is 0 Å². The molecule has 15 heavy (non-hydrogen) atoms. The van der Waals surface area contributed by atoms with Crippen LogP contribution >= 0.6 is 15.9 Å². The van der Waals surface area contributed by atoms with Crippen LogP contribution in [0.5, 0.6) is 5.88 Å². The lowest BCUT2D eigenvalue weighted by molar-refractivity contribution is -0.276. The molecule has 0 aliphatic rings. The average molecular weight is 289 g/mol. The van der Waals surface area contributed by atoms with Crippen LogP contribution in [0.15, 0.2) is 10.5 Å². The van der Waals surface area contributed by atoms with Gasteiger partial charge in [-0.2, -0.15) is 9.37 Å². The van der Waals surface area contributed by atoms with Crippen molar-refractivity contribution < 1.29 is 22.3 Å². The first-order valence-corrected chi connectivity index (χ1v) is 4.43. The SMILES string of the molecule is NCc1cc(Br)c(OC(F)(F)F)nc1F. The van der Waals surface area contributed by atoms with Crippen LogP contribution in [0.1, 0.15) is 5.56 Å². The first-order chi connectivity index (χ1) is 6.83. The molecular weight excluding hydrogens is 284 g/mol. The summed E-state index contributed by atoms with van der Waals surface area (Å²) >= 11 is 2.77. The van der Waals surface area contributed by atoms with E-state index < -0.39 is 18.2 Å². The predicted molar refractivity (Wildman–Crippen MR) is 46.5 cm³/mol. The molecule has 1 aromatic heterocycles. The molecule has 0 atom stereocenters. The highest BCUT2D eigenvalue weighted by Gasteiger charge is 2.33. The third-order valence-corrected chi connectivity index (χ3v) is 1.97. The molecule has 0 spiro atoms. The van der Waals surface area contributed by atoms with Gasteiger partial charge in [-0.15, -0.1) is 13.2 Å². The topological polar surface area (TPSA) is 48.1 Å². The molecule has 3 nitrogen and oxygen atoms in total. The molecule has 1 aromatic rings. The van der Waals surface area contributed by atoms with Crippen molar-refractivity contribution in [2.24, 2.45) is 5.73 Å². The molecule has 1 rings (SSSR count). The molecule has 2 N–H and O–H groups in total. The van der Waals surface area contributed by atoms with Crippen LogP contribution in [0.3, 0.4) is 0 Å². The predicted octanol–water partition coefficient (Wildman–Crippen LogP) is 2.34. The summed E-state index contributed by atoms with van der Waals surface area (Å²) in [4.78, 5) is 2.99. The number of nitrogens with zero attached hydrogens (tertiary/aromatic N) is 1. The largest absolute Gasteiger partial charge is 0.574 e. The van der Waals surface area contributed by atoms with E-state index in [0.717, 1.165) is 6.07 Å². The van der Waals surface area contributed by atoms with Crippen molar-refractivity contribution in [2.45, 2.75) is 12.9 Å². The zero-order valence-corrected chi connectivity index (χ0v) is 8.69. The number of nitrogens with two attached hydrogens (primary N) is 1. The molecule has 1 heterocycles. The summed E-state index contributed by atoms with van der Waals surface area (Å²) in [6, 6.07) is 1.09. The van der Waals surface area contributed by atoms with E-state index in [1.807, 2.05) is 0 Å². The summed E-state index contributed by atoms with van der Waals surface area (Å²) in [5.41, 5.74) is 5.13. The summed E-state index contributed by atoms with van der Waals surface area (Å²) in [6.45, 7) is -0.163. The highest BCUT2D eigenvalue weighted by molar-refractivity contribution is 9.10. The van der Waals surface area contributed by atoms with Crippen LogP contribution in [0.4, 0.5) is 17.6 Å². The van der Waals surface area contributed by atoms with Gasteiger partial charge >= 0.3 is 6.36 Å². The first kappa shape index (κ1) is 12.2. The molecule has 0 aliphatic carbocycles. The molecule has 0 fully saturated rings. The Kier molecular flexibility index (Phi) is 3.50. The van der Waals surface area contributed by atoms with Gasteiger partial charge in [0.25, 0.3) is 0 Å². The van der Waals surface area contributed by atoms with Gasteiger partial charge < -0.3 is 10.5 Å². The Morgan fingerprint density at radius 3 is 2.53 bits per heavy atom. The number of alkyl halides is 3. The van der Waals surface area contributed by atoms with Gasteiger partial charge in [0.2, 0.25) is 11.8 Å². The summed E-state index contributed by atoms with van der Waals surface area (Å²) in [6.07, 6.45) is -4.91. The van der Waals surface area contributed by atoms with Crippen molar-refractivity contribution in [2.75, 3.05) is 0 Å². The quantitative estimate of drug-likeness (QED) is 0.671. The van der Waals surface area contributed by atoms with E-state index in [1.54, 1.807) is 0 Å². The maximum absolute atomic E-state index is 12.9. The molecule has 84 valence electrons. The van der Waals surface area contributed by atoms with Crippen molar-refractivity contribution in [1.29, 1.82) is 0 Å². The smallest absolute Gasteiger partial charge is 0.387 e. The minimum atomic E-state index is -4.91. The summed E-state index contributed by atoms with van der Waals surface area (Å²) < 4.78 is 51.7. The van der Waals surface area contributed by atoms with Crippen LogP contribution in [0.2, 0.25) is 0 Å². The van der Waals surface area contributed by atoms with E-state index in [-0.39, 0.29) is 16.6 Å². The molecule has 0 saturated carbocycles. The molecule has 8 heteroatoms. The Balaban J connectivity index is 3.05. The number of hydrogen-bond donors (Lipinski definition) is 1. The fourth-order valence-corrected chi connectivity index (χ4v) is 1.26. The van der Waals surface area contributed by atoms with Gasteiger partial charge in [-0.3, -0.25) is 0 Å². The lowest BCUT2D eigenvalue weighted by atomic mass is 10.3. The van der Waals surface area contributed by atoms with Gasteiger partial charge in [0.1, 0.15) is 0 Å². The van der Waals surface area contributed by atoms with Crippen LogP contribution in [-0.4, -0.2) is 11.3 Å². The van der Waals surface area contributed by atoms with Gasteiger partial charge in [0.05, 0.1) is 4.47 Å². The second-order valence-electron chi connectivity index (χ2n) is 2.48. The van der Waals surface area contributed by atoms with Gasteiger partial charge in [0.15, 0.2) is 0 Å². The molecular formula is C7H5BrF4N2O. The number of halogens is 5. The third kappa shape index (κ3) is 3.31. The minimum absolute atomic E-state index is 0.00333. The summed E-state index contributed by atoms with van der Waals surface area (Å²) in [7, 11) is 0. The minimum Gasteiger partial charge on any atom is -0.387 e. The van der Waals surface area contributed by atoms with Gasteiger partial charge in [-0.1, -0.05) is 0 Å². The Labute approximate surface area is 90.4 Å². The first-order valence-electron chi connectivity index (χ1n) is 3.64. The fraction of sp³-hybridized carbons (Fsp3) is 0.286. The molecule has 0 aromatic carbocycles. The Bertz CT molecular complexity index is 369. The van der Waals surface area contributed by atoms with Gasteiger partial charge in [-0.25, -0.2) is 0 Å². The molecule has 0 aliphatic heterocycles. The second-order valence-corrected chi connectivity index (χ2v) is 3.33. The lowest BCUT2D eigenvalue weighted by Crippen LogP contribution is -2.19. The second kappa shape index (κ2) is 4.31. The molecule has 0 amide bonds. The van der Waals surface area contributed by atoms with Crippen molar-refractivity contribution in [3.05, 3.63) is 22.1 Å². The van der Waals surface area contributed by atoms with Crippen molar-refractivity contribution in [3.8, 4) is 5.88 Å². The Morgan fingerprint density at radius 1 is 1.47 bits per heavy atom. The maximum atomic E-state index is 12.9. The fourth-order valence-electron chi connectivity index (χ4n) is 0.813. The third-order valence-electron chi connectivity index (χ3n) is 1.40. The number of aromatic nitrogens is 1. The monoisotopic (exact) mass is 288 g/mol. The number of ether oxygens (including phenoxy) is 1. The van der Waals surface area contributed by atoms with Crippen molar-refractivity contribution >= 4 is 15.9 Å². The van der Waals surface area contributed by atoms with Crippen molar-refractivity contribution in [3.63, 3.8) is 0 Å². The molecule has 0 saturated heterocycles. The normalized spacial score (nSPS) is 11.6. The van der Waals surface area contributed by atoms with Gasteiger partial charge in [-0.05, 0) is 22.0 Å². The summed E-state index contributed by atoms with van der Waals surface area (Å²) in [5, 5.41) is 0. The van der Waals surface area contributed by atoms with Crippen LogP contribution in [-0.2, 0) is 6.54 Å². The van der Waals surface area contributed by atoms with Crippen LogP contribution in [0, 0.1) is 5.95 Å². The summed E-state index contributed by atoms with van der Waals surface area (Å²) in [5.74, 6) is -1.96. The molecule has 0 unspecified atom stereocenters. The highest BCUT2D eigenvalue weighted by Crippen LogP contribution is 2.29. The number of hydrogen-bond acceptors (Lipinski definition) is 3. The van der Waals surface area contributed by atoms with E-state index in [9.17, 15) is 17.6 Å². The van der Waals surface area contributed by atoms with Crippen LogP contribution in [0.25, 0.3) is 0 Å². The number of rotatable bonds is 2. The zero-order valence-electron chi connectivity index (χ0n) is 7.11.